The minimum atomic E-state index is -0.571. The van der Waals surface area contributed by atoms with E-state index in [0.29, 0.717) is 29.3 Å². The summed E-state index contributed by atoms with van der Waals surface area (Å²) >= 11 is 0. The summed E-state index contributed by atoms with van der Waals surface area (Å²) in [6, 6.07) is 7.04. The van der Waals surface area contributed by atoms with Gasteiger partial charge in [0.1, 0.15) is 0 Å². The first kappa shape index (κ1) is 14.4. The van der Waals surface area contributed by atoms with Crippen molar-refractivity contribution in [3.05, 3.63) is 35.7 Å². The highest BCUT2D eigenvalue weighted by Gasteiger charge is 2.57. The van der Waals surface area contributed by atoms with Crippen LogP contribution in [0.4, 0.5) is 0 Å². The third kappa shape index (κ3) is 2.16. The second-order valence-corrected chi connectivity index (χ2v) is 6.64. The van der Waals surface area contributed by atoms with E-state index in [0.717, 1.165) is 25.7 Å². The molecule has 0 amide bonds. The third-order valence-corrected chi connectivity index (χ3v) is 5.26. The molecule has 6 heteroatoms. The molecule has 120 valence electrons. The lowest BCUT2D eigenvalue weighted by molar-refractivity contribution is 0.0520. The van der Waals surface area contributed by atoms with Crippen LogP contribution in [0.5, 0.6) is 0 Å². The van der Waals surface area contributed by atoms with Crippen molar-refractivity contribution in [2.24, 2.45) is 0 Å². The lowest BCUT2D eigenvalue weighted by Gasteiger charge is -2.21. The van der Waals surface area contributed by atoms with Gasteiger partial charge in [-0.15, -0.1) is 0 Å². The molecule has 2 fully saturated rings. The van der Waals surface area contributed by atoms with Gasteiger partial charge in [-0.25, -0.2) is 4.79 Å². The van der Waals surface area contributed by atoms with E-state index >= 15 is 0 Å². The van der Waals surface area contributed by atoms with Gasteiger partial charge < -0.3 is 14.4 Å². The molecule has 4 rings (SSSR count). The zero-order valence-electron chi connectivity index (χ0n) is 12.9. The maximum Gasteiger partial charge on any atom is 0.338 e. The van der Waals surface area contributed by atoms with Crippen LogP contribution in [0, 0.1) is 0 Å². The summed E-state index contributed by atoms with van der Waals surface area (Å²) < 4.78 is 10.3. The first-order chi connectivity index (χ1) is 11.1. The van der Waals surface area contributed by atoms with E-state index in [9.17, 15) is 9.90 Å². The Balaban J connectivity index is 1.71. The Hall–Kier alpha value is -2.21. The van der Waals surface area contributed by atoms with E-state index < -0.39 is 11.6 Å². The molecule has 2 aromatic rings. The molecule has 1 heterocycles. The number of rotatable bonds is 3. The van der Waals surface area contributed by atoms with Gasteiger partial charge >= 0.3 is 5.97 Å². The van der Waals surface area contributed by atoms with Crippen molar-refractivity contribution in [2.45, 2.75) is 43.1 Å². The Bertz CT molecular complexity index is 759. The summed E-state index contributed by atoms with van der Waals surface area (Å²) in [4.78, 5) is 16.4. The van der Waals surface area contributed by atoms with Gasteiger partial charge in [-0.3, -0.25) is 0 Å². The summed E-state index contributed by atoms with van der Waals surface area (Å²) in [6.07, 6.45) is 3.97. The van der Waals surface area contributed by atoms with Gasteiger partial charge in [0.2, 0.25) is 11.7 Å². The number of ether oxygens (including phenoxy) is 1. The summed E-state index contributed by atoms with van der Waals surface area (Å²) in [5.41, 5.74) is 0.227. The van der Waals surface area contributed by atoms with Crippen molar-refractivity contribution in [3.63, 3.8) is 0 Å². The second-order valence-electron chi connectivity index (χ2n) is 6.64. The lowest BCUT2D eigenvalue weighted by Crippen LogP contribution is -2.20. The number of methoxy groups -OCH3 is 1. The number of aliphatic hydroxyl groups is 1. The van der Waals surface area contributed by atoms with Crippen LogP contribution >= 0.6 is 0 Å². The van der Waals surface area contributed by atoms with E-state index in [2.05, 4.69) is 10.1 Å². The van der Waals surface area contributed by atoms with Gasteiger partial charge in [0.15, 0.2) is 0 Å². The molecular formula is C17H18N2O4. The second kappa shape index (κ2) is 4.89. The molecule has 0 spiro atoms. The van der Waals surface area contributed by atoms with Crippen molar-refractivity contribution < 1.29 is 19.2 Å². The molecule has 2 aliphatic rings. The Labute approximate surface area is 133 Å². The minimum absolute atomic E-state index is 0.208. The highest BCUT2D eigenvalue weighted by Crippen LogP contribution is 2.57. The van der Waals surface area contributed by atoms with Gasteiger partial charge in [-0.2, -0.15) is 4.98 Å². The molecule has 0 saturated heterocycles. The Morgan fingerprint density at radius 3 is 2.65 bits per heavy atom. The Morgan fingerprint density at radius 2 is 2.00 bits per heavy atom. The fourth-order valence-electron chi connectivity index (χ4n) is 3.98. The van der Waals surface area contributed by atoms with Crippen LogP contribution in [0.25, 0.3) is 11.4 Å². The van der Waals surface area contributed by atoms with E-state index in [-0.39, 0.29) is 5.41 Å². The highest BCUT2D eigenvalue weighted by molar-refractivity contribution is 5.96. The zero-order valence-corrected chi connectivity index (χ0v) is 12.9. The Morgan fingerprint density at radius 1 is 1.26 bits per heavy atom. The van der Waals surface area contributed by atoms with E-state index in [4.69, 9.17) is 9.26 Å². The largest absolute Gasteiger partial charge is 0.465 e. The predicted octanol–water partition coefficient (Wildman–Crippen LogP) is 2.47. The van der Waals surface area contributed by atoms with Crippen molar-refractivity contribution in [1.82, 2.24) is 10.1 Å². The van der Waals surface area contributed by atoms with Crippen LogP contribution < -0.4 is 0 Å². The van der Waals surface area contributed by atoms with Gasteiger partial charge in [0.25, 0.3) is 0 Å². The topological polar surface area (TPSA) is 85.5 Å². The fourth-order valence-corrected chi connectivity index (χ4v) is 3.98. The summed E-state index contributed by atoms with van der Waals surface area (Å²) in [5, 5.41) is 14.5. The molecule has 1 N–H and O–H groups in total. The molecule has 0 aliphatic heterocycles. The molecule has 1 aromatic heterocycles. The standard InChI is InChI=1S/C17H18N2O4/c1-22-14(20)12-5-3-2-4-11(12)13-18-15(23-19-13)16-6-8-17(21,10-16)9-7-16/h2-5,21H,6-10H2,1H3. The summed E-state index contributed by atoms with van der Waals surface area (Å²) in [5.74, 6) is 0.527. The third-order valence-electron chi connectivity index (χ3n) is 5.26. The van der Waals surface area contributed by atoms with E-state index in [1.807, 2.05) is 6.07 Å². The first-order valence-corrected chi connectivity index (χ1v) is 7.80. The fraction of sp³-hybridized carbons (Fsp3) is 0.471. The van der Waals surface area contributed by atoms with Gasteiger partial charge in [0.05, 0.1) is 23.7 Å². The number of esters is 1. The van der Waals surface area contributed by atoms with Crippen LogP contribution in [0.1, 0.15) is 48.4 Å². The molecule has 0 unspecified atom stereocenters. The maximum absolute atomic E-state index is 11.9. The number of nitrogens with zero attached hydrogens (tertiary/aromatic N) is 2. The van der Waals surface area contributed by atoms with Crippen LogP contribution in [-0.2, 0) is 10.2 Å². The van der Waals surface area contributed by atoms with Crippen LogP contribution in [-0.4, -0.2) is 33.9 Å². The molecule has 2 aliphatic carbocycles. The van der Waals surface area contributed by atoms with Crippen molar-refractivity contribution in [2.75, 3.05) is 7.11 Å². The van der Waals surface area contributed by atoms with Crippen LogP contribution in [0.2, 0.25) is 0 Å². The number of carbonyl (C=O) groups is 1. The smallest absolute Gasteiger partial charge is 0.338 e. The molecule has 2 saturated carbocycles. The Kier molecular flexibility index (Phi) is 3.06. The SMILES string of the molecule is COC(=O)c1ccccc1-c1noc(C23CCC(O)(CC2)C3)n1. The van der Waals surface area contributed by atoms with Crippen molar-refractivity contribution >= 4 is 5.97 Å². The molecule has 6 nitrogen and oxygen atoms in total. The molecule has 2 bridgehead atoms. The average molecular weight is 314 g/mol. The monoisotopic (exact) mass is 314 g/mol. The number of fused-ring (bicyclic) bond motifs is 2. The average Bonchev–Trinajstić information content (AvgIpc) is 3.27. The predicted molar refractivity (Wildman–Crippen MR) is 80.8 cm³/mol. The van der Waals surface area contributed by atoms with Gasteiger partial charge in [-0.1, -0.05) is 23.4 Å². The number of carbonyl (C=O) groups excluding carboxylic acids is 1. The molecule has 1 aromatic carbocycles. The molecule has 0 atom stereocenters. The quantitative estimate of drug-likeness (QED) is 0.876. The number of benzene rings is 1. The highest BCUT2D eigenvalue weighted by atomic mass is 16.5. The van der Waals surface area contributed by atoms with Crippen LogP contribution in [0.3, 0.4) is 0 Å². The van der Waals surface area contributed by atoms with E-state index in [1.54, 1.807) is 18.2 Å². The summed E-state index contributed by atoms with van der Waals surface area (Å²) in [7, 11) is 1.34. The van der Waals surface area contributed by atoms with Gasteiger partial charge in [0, 0.05) is 5.56 Å². The van der Waals surface area contributed by atoms with E-state index in [1.165, 1.54) is 7.11 Å². The zero-order chi connectivity index (χ0) is 16.1. The first-order valence-electron chi connectivity index (χ1n) is 7.80. The molecule has 23 heavy (non-hydrogen) atoms. The molecular weight excluding hydrogens is 296 g/mol. The van der Waals surface area contributed by atoms with Crippen molar-refractivity contribution in [1.29, 1.82) is 0 Å². The number of hydrogen-bond donors (Lipinski definition) is 1. The van der Waals surface area contributed by atoms with Crippen molar-refractivity contribution in [3.8, 4) is 11.4 Å². The van der Waals surface area contributed by atoms with Gasteiger partial charge in [-0.05, 0) is 38.2 Å². The summed E-state index contributed by atoms with van der Waals surface area (Å²) in [6.45, 7) is 0. The molecule has 0 radical (unpaired) electrons. The lowest BCUT2D eigenvalue weighted by atomic mass is 9.84. The number of aromatic nitrogens is 2. The number of hydrogen-bond acceptors (Lipinski definition) is 6. The maximum atomic E-state index is 11.9. The normalized spacial score (nSPS) is 29.0. The minimum Gasteiger partial charge on any atom is -0.465 e. The van der Waals surface area contributed by atoms with Crippen LogP contribution in [0.15, 0.2) is 28.8 Å².